The van der Waals surface area contributed by atoms with Gasteiger partial charge in [0.15, 0.2) is 0 Å². The van der Waals surface area contributed by atoms with Crippen molar-refractivity contribution in [2.24, 2.45) is 5.92 Å². The highest BCUT2D eigenvalue weighted by Crippen LogP contribution is 2.39. The first-order chi connectivity index (χ1) is 14.5. The van der Waals surface area contributed by atoms with E-state index >= 15 is 0 Å². The Labute approximate surface area is 174 Å². The molecule has 4 rings (SSSR count). The second kappa shape index (κ2) is 9.37. The fraction of sp³-hybridized carbons (Fsp3) is 0.636. The summed E-state index contributed by atoms with van der Waals surface area (Å²) in [5, 5.41) is 7.12. The van der Waals surface area contributed by atoms with E-state index in [-0.39, 0.29) is 23.2 Å². The zero-order valence-electron chi connectivity index (χ0n) is 17.0. The molecule has 0 spiro atoms. The number of aromatic nitrogens is 2. The molecule has 164 valence electrons. The Morgan fingerprint density at radius 1 is 1.10 bits per heavy atom. The number of nitrogens with zero attached hydrogens (tertiary/aromatic N) is 2. The van der Waals surface area contributed by atoms with Crippen LogP contribution in [0.25, 0.3) is 11.4 Å². The van der Waals surface area contributed by atoms with Crippen LogP contribution in [-0.4, -0.2) is 23.3 Å². The number of ether oxygens (including phenoxy) is 1. The lowest BCUT2D eigenvalue weighted by Gasteiger charge is -2.21. The number of hydrogen-bond donors (Lipinski definition) is 1. The summed E-state index contributed by atoms with van der Waals surface area (Å²) in [6.07, 6.45) is 5.43. The number of halogens is 3. The number of nitrogens with one attached hydrogen (secondary N) is 1. The van der Waals surface area contributed by atoms with Gasteiger partial charge in [0.25, 0.3) is 0 Å². The van der Waals surface area contributed by atoms with Crippen LogP contribution >= 0.6 is 0 Å². The highest BCUT2D eigenvalue weighted by Gasteiger charge is 2.35. The van der Waals surface area contributed by atoms with Crippen molar-refractivity contribution in [1.29, 1.82) is 0 Å². The van der Waals surface area contributed by atoms with Gasteiger partial charge in [-0.3, -0.25) is 0 Å². The predicted octanol–water partition coefficient (Wildman–Crippen LogP) is 5.92. The van der Waals surface area contributed by atoms with E-state index in [0.29, 0.717) is 18.4 Å². The molecule has 30 heavy (non-hydrogen) atoms. The first kappa shape index (κ1) is 21.2. The van der Waals surface area contributed by atoms with Crippen molar-refractivity contribution in [1.82, 2.24) is 15.5 Å². The van der Waals surface area contributed by atoms with E-state index in [1.165, 1.54) is 38.2 Å². The average Bonchev–Trinajstić information content (AvgIpc) is 3.43. The zero-order valence-corrected chi connectivity index (χ0v) is 17.0. The van der Waals surface area contributed by atoms with Gasteiger partial charge in [-0.1, -0.05) is 37.3 Å². The molecule has 1 saturated carbocycles. The molecule has 1 aliphatic carbocycles. The standard InChI is InChI=1S/C22H28F3N3O2/c23-22(24,25)17-14-16(20-27-21(30-28-20)18-9-4-12-26-18)10-11-19(17)29-13-5-8-15-6-2-1-3-7-15/h10-11,14-15,18,26H,1-9,12-13H2/t18-/m0/s1. The molecule has 0 radical (unpaired) electrons. The lowest BCUT2D eigenvalue weighted by molar-refractivity contribution is -0.138. The maximum Gasteiger partial charge on any atom is 0.419 e. The van der Waals surface area contributed by atoms with Crippen molar-refractivity contribution in [2.45, 2.75) is 70.0 Å². The summed E-state index contributed by atoms with van der Waals surface area (Å²) in [6, 6.07) is 3.94. The molecule has 0 unspecified atom stereocenters. The SMILES string of the molecule is FC(F)(F)c1cc(-c2noc([C@@H]3CCCN3)n2)ccc1OCCCC1CCCCC1. The predicted molar refractivity (Wildman–Crippen MR) is 106 cm³/mol. The normalized spacial score (nSPS) is 20.6. The van der Waals surface area contributed by atoms with E-state index in [1.54, 1.807) is 6.07 Å². The Bertz CT molecular complexity index is 825. The Balaban J connectivity index is 1.43. The van der Waals surface area contributed by atoms with Crippen molar-refractivity contribution < 1.29 is 22.4 Å². The summed E-state index contributed by atoms with van der Waals surface area (Å²) < 4.78 is 51.7. The number of benzene rings is 1. The van der Waals surface area contributed by atoms with E-state index < -0.39 is 11.7 Å². The van der Waals surface area contributed by atoms with E-state index in [1.807, 2.05) is 0 Å². The first-order valence-electron chi connectivity index (χ1n) is 10.9. The Hall–Kier alpha value is -2.09. The minimum atomic E-state index is -4.52. The van der Waals surface area contributed by atoms with Gasteiger partial charge in [0.2, 0.25) is 11.7 Å². The molecule has 2 heterocycles. The molecular formula is C22H28F3N3O2. The molecule has 1 aromatic heterocycles. The van der Waals surface area contributed by atoms with Gasteiger partial charge in [-0.05, 0) is 56.3 Å². The summed E-state index contributed by atoms with van der Waals surface area (Å²) in [4.78, 5) is 4.29. The van der Waals surface area contributed by atoms with Crippen LogP contribution in [0, 0.1) is 5.92 Å². The molecule has 2 fully saturated rings. The third kappa shape index (κ3) is 5.14. The van der Waals surface area contributed by atoms with Gasteiger partial charge in [-0.2, -0.15) is 18.2 Å². The fourth-order valence-electron chi connectivity index (χ4n) is 4.44. The van der Waals surface area contributed by atoms with Gasteiger partial charge in [0, 0.05) is 5.56 Å². The number of alkyl halides is 3. The largest absolute Gasteiger partial charge is 0.493 e. The molecular weight excluding hydrogens is 395 g/mol. The second-order valence-electron chi connectivity index (χ2n) is 8.31. The highest BCUT2D eigenvalue weighted by molar-refractivity contribution is 5.59. The van der Waals surface area contributed by atoms with E-state index in [4.69, 9.17) is 9.26 Å². The van der Waals surface area contributed by atoms with E-state index in [2.05, 4.69) is 15.5 Å². The zero-order chi connectivity index (χ0) is 21.0. The van der Waals surface area contributed by atoms with Crippen molar-refractivity contribution in [2.75, 3.05) is 13.2 Å². The molecule has 1 aliphatic heterocycles. The van der Waals surface area contributed by atoms with Gasteiger partial charge in [-0.15, -0.1) is 0 Å². The number of hydrogen-bond acceptors (Lipinski definition) is 5. The third-order valence-corrected chi connectivity index (χ3v) is 6.08. The van der Waals surface area contributed by atoms with Gasteiger partial charge in [0.05, 0.1) is 18.2 Å². The Morgan fingerprint density at radius 3 is 2.67 bits per heavy atom. The molecule has 2 aromatic rings. The smallest absolute Gasteiger partial charge is 0.419 e. The van der Waals surface area contributed by atoms with Crippen molar-refractivity contribution in [3.8, 4) is 17.1 Å². The highest BCUT2D eigenvalue weighted by atomic mass is 19.4. The summed E-state index contributed by atoms with van der Waals surface area (Å²) in [5.74, 6) is 1.12. The summed E-state index contributed by atoms with van der Waals surface area (Å²) in [5.41, 5.74) is -0.534. The van der Waals surface area contributed by atoms with Crippen molar-refractivity contribution >= 4 is 0 Å². The maximum absolute atomic E-state index is 13.6. The number of rotatable bonds is 7. The van der Waals surface area contributed by atoms with Crippen LogP contribution in [0.15, 0.2) is 22.7 Å². The van der Waals surface area contributed by atoms with Gasteiger partial charge >= 0.3 is 6.18 Å². The summed E-state index contributed by atoms with van der Waals surface area (Å²) in [7, 11) is 0. The lowest BCUT2D eigenvalue weighted by atomic mass is 9.86. The molecule has 0 bridgehead atoms. The quantitative estimate of drug-likeness (QED) is 0.560. The van der Waals surface area contributed by atoms with Crippen molar-refractivity contribution in [3.63, 3.8) is 0 Å². The van der Waals surface area contributed by atoms with Crippen LogP contribution in [0.5, 0.6) is 5.75 Å². The van der Waals surface area contributed by atoms with Crippen LogP contribution in [0.3, 0.4) is 0 Å². The molecule has 1 atom stereocenters. The fourth-order valence-corrected chi connectivity index (χ4v) is 4.44. The molecule has 2 aliphatic rings. The molecule has 8 heteroatoms. The van der Waals surface area contributed by atoms with Gasteiger partial charge in [-0.25, -0.2) is 0 Å². The molecule has 0 amide bonds. The van der Waals surface area contributed by atoms with Gasteiger partial charge in [0.1, 0.15) is 5.75 Å². The van der Waals surface area contributed by atoms with Gasteiger partial charge < -0.3 is 14.6 Å². The summed E-state index contributed by atoms with van der Waals surface area (Å²) >= 11 is 0. The van der Waals surface area contributed by atoms with Crippen LogP contribution in [0.4, 0.5) is 13.2 Å². The molecule has 1 N–H and O–H groups in total. The second-order valence-corrected chi connectivity index (χ2v) is 8.31. The van der Waals surface area contributed by atoms with Crippen LogP contribution in [0.1, 0.15) is 75.3 Å². The van der Waals surface area contributed by atoms with Crippen LogP contribution < -0.4 is 10.1 Å². The Morgan fingerprint density at radius 2 is 1.93 bits per heavy atom. The lowest BCUT2D eigenvalue weighted by Crippen LogP contribution is -2.13. The monoisotopic (exact) mass is 423 g/mol. The minimum absolute atomic E-state index is 0.0277. The first-order valence-corrected chi connectivity index (χ1v) is 10.9. The average molecular weight is 423 g/mol. The van der Waals surface area contributed by atoms with Crippen molar-refractivity contribution in [3.05, 3.63) is 29.7 Å². The molecule has 5 nitrogen and oxygen atoms in total. The molecule has 1 saturated heterocycles. The molecule has 1 aromatic carbocycles. The minimum Gasteiger partial charge on any atom is -0.493 e. The van der Waals surface area contributed by atoms with E-state index in [0.717, 1.165) is 38.3 Å². The van der Waals surface area contributed by atoms with Crippen LogP contribution in [0.2, 0.25) is 0 Å². The topological polar surface area (TPSA) is 60.2 Å². The Kier molecular flexibility index (Phi) is 6.61. The summed E-state index contributed by atoms with van der Waals surface area (Å²) in [6.45, 7) is 1.16. The third-order valence-electron chi connectivity index (χ3n) is 6.08. The van der Waals surface area contributed by atoms with Crippen LogP contribution in [-0.2, 0) is 6.18 Å². The maximum atomic E-state index is 13.6. The van der Waals surface area contributed by atoms with E-state index in [9.17, 15) is 13.2 Å².